The summed E-state index contributed by atoms with van der Waals surface area (Å²) < 4.78 is 5.86. The van der Waals surface area contributed by atoms with Gasteiger partial charge in [0.2, 0.25) is 11.8 Å². The number of nitrogens with two attached hydrogens (primary N) is 1. The number of fused-ring (bicyclic) bond motifs is 1. The standard InChI is InChI=1S/C23H30N4O5/c24-11-2-12-32-16-7-5-15(6-8-16)25-13-14-3-1-4-17-20(14)23(31)27(22(17)30)18-9-10-19(28)26-21(18)29/h1,3-4,15-16,18,25H,2,5-13,24H2,(H,26,28,29). The van der Waals surface area contributed by atoms with Gasteiger partial charge < -0.3 is 15.8 Å². The zero-order chi connectivity index (χ0) is 22.7. The molecule has 9 heteroatoms. The van der Waals surface area contributed by atoms with Crippen molar-refractivity contribution in [1.29, 1.82) is 0 Å². The topological polar surface area (TPSA) is 131 Å². The predicted molar refractivity (Wildman–Crippen MR) is 116 cm³/mol. The molecule has 9 nitrogen and oxygen atoms in total. The fourth-order valence-corrected chi connectivity index (χ4v) is 4.75. The Bertz CT molecular complexity index is 910. The van der Waals surface area contributed by atoms with E-state index in [1.165, 1.54) is 0 Å². The van der Waals surface area contributed by atoms with Crippen LogP contribution < -0.4 is 16.4 Å². The van der Waals surface area contributed by atoms with Gasteiger partial charge in [-0.1, -0.05) is 12.1 Å². The van der Waals surface area contributed by atoms with Crippen LogP contribution in [0.15, 0.2) is 18.2 Å². The van der Waals surface area contributed by atoms with Crippen molar-refractivity contribution in [2.45, 2.75) is 69.7 Å². The lowest BCUT2D eigenvalue weighted by molar-refractivity contribution is -0.136. The molecule has 1 saturated carbocycles. The van der Waals surface area contributed by atoms with Gasteiger partial charge >= 0.3 is 0 Å². The summed E-state index contributed by atoms with van der Waals surface area (Å²) in [5.41, 5.74) is 6.93. The molecule has 2 fully saturated rings. The molecule has 1 unspecified atom stereocenters. The van der Waals surface area contributed by atoms with Gasteiger partial charge in [0.1, 0.15) is 6.04 Å². The van der Waals surface area contributed by atoms with Gasteiger partial charge in [-0.3, -0.25) is 29.4 Å². The Kier molecular flexibility index (Phi) is 6.98. The molecule has 4 rings (SSSR count). The van der Waals surface area contributed by atoms with Crippen LogP contribution in [0.4, 0.5) is 0 Å². The van der Waals surface area contributed by atoms with Gasteiger partial charge in [-0.05, 0) is 56.7 Å². The van der Waals surface area contributed by atoms with Gasteiger partial charge in [-0.25, -0.2) is 0 Å². The van der Waals surface area contributed by atoms with E-state index < -0.39 is 23.8 Å². The number of carbonyl (C=O) groups is 4. The molecule has 0 bridgehead atoms. The number of ether oxygens (including phenoxy) is 1. The zero-order valence-corrected chi connectivity index (χ0v) is 18.1. The van der Waals surface area contributed by atoms with Crippen molar-refractivity contribution in [2.75, 3.05) is 13.2 Å². The van der Waals surface area contributed by atoms with Gasteiger partial charge in [-0.2, -0.15) is 0 Å². The van der Waals surface area contributed by atoms with E-state index in [0.29, 0.717) is 36.9 Å². The fourth-order valence-electron chi connectivity index (χ4n) is 4.75. The second-order valence-corrected chi connectivity index (χ2v) is 8.65. The molecule has 1 atom stereocenters. The molecule has 0 radical (unpaired) electrons. The Morgan fingerprint density at radius 1 is 1.06 bits per heavy atom. The maximum atomic E-state index is 13.2. The monoisotopic (exact) mass is 442 g/mol. The van der Waals surface area contributed by atoms with Crippen LogP contribution in [-0.4, -0.2) is 59.9 Å². The summed E-state index contributed by atoms with van der Waals surface area (Å²) >= 11 is 0. The Labute approximate surface area is 187 Å². The van der Waals surface area contributed by atoms with Crippen LogP contribution in [0.2, 0.25) is 0 Å². The van der Waals surface area contributed by atoms with E-state index in [1.807, 2.05) is 6.07 Å². The molecule has 172 valence electrons. The third-order valence-electron chi connectivity index (χ3n) is 6.51. The maximum Gasteiger partial charge on any atom is 0.262 e. The van der Waals surface area contributed by atoms with E-state index in [4.69, 9.17) is 10.5 Å². The van der Waals surface area contributed by atoms with Crippen LogP contribution in [0.25, 0.3) is 0 Å². The number of rotatable bonds is 8. The van der Waals surface area contributed by atoms with Crippen molar-refractivity contribution in [3.8, 4) is 0 Å². The Balaban J connectivity index is 1.38. The summed E-state index contributed by atoms with van der Waals surface area (Å²) in [7, 11) is 0. The van der Waals surface area contributed by atoms with Crippen LogP contribution in [0.5, 0.6) is 0 Å². The molecule has 1 aliphatic carbocycles. The van der Waals surface area contributed by atoms with Crippen LogP contribution in [0, 0.1) is 0 Å². The number of piperidine rings is 1. The highest BCUT2D eigenvalue weighted by atomic mass is 16.5. The number of benzene rings is 1. The first-order chi connectivity index (χ1) is 15.5. The SMILES string of the molecule is NCCCOC1CCC(NCc2cccc3c2C(=O)N(C2CCC(=O)NC2=O)C3=O)CC1. The minimum Gasteiger partial charge on any atom is -0.378 e. The van der Waals surface area contributed by atoms with E-state index in [-0.39, 0.29) is 24.9 Å². The van der Waals surface area contributed by atoms with Gasteiger partial charge in [0.15, 0.2) is 0 Å². The van der Waals surface area contributed by atoms with Gasteiger partial charge in [0.05, 0.1) is 17.2 Å². The van der Waals surface area contributed by atoms with Crippen molar-refractivity contribution in [3.05, 3.63) is 34.9 Å². The van der Waals surface area contributed by atoms with Crippen LogP contribution in [0.3, 0.4) is 0 Å². The van der Waals surface area contributed by atoms with E-state index in [0.717, 1.165) is 42.6 Å². The highest BCUT2D eigenvalue weighted by Crippen LogP contribution is 2.30. The number of carbonyl (C=O) groups excluding carboxylic acids is 4. The summed E-state index contributed by atoms with van der Waals surface area (Å²) in [5.74, 6) is -1.92. The molecule has 1 aromatic carbocycles. The van der Waals surface area contributed by atoms with E-state index in [1.54, 1.807) is 12.1 Å². The van der Waals surface area contributed by atoms with Crippen molar-refractivity contribution in [2.24, 2.45) is 5.73 Å². The smallest absolute Gasteiger partial charge is 0.262 e. The minimum atomic E-state index is -0.949. The Hall–Kier alpha value is -2.62. The maximum absolute atomic E-state index is 13.2. The van der Waals surface area contributed by atoms with E-state index in [9.17, 15) is 19.2 Å². The van der Waals surface area contributed by atoms with Crippen LogP contribution in [-0.2, 0) is 20.9 Å². The van der Waals surface area contributed by atoms with Crippen molar-refractivity contribution < 1.29 is 23.9 Å². The second-order valence-electron chi connectivity index (χ2n) is 8.65. The van der Waals surface area contributed by atoms with Crippen LogP contribution >= 0.6 is 0 Å². The zero-order valence-electron chi connectivity index (χ0n) is 18.1. The van der Waals surface area contributed by atoms with Crippen molar-refractivity contribution >= 4 is 23.6 Å². The van der Waals surface area contributed by atoms with Crippen LogP contribution in [0.1, 0.15) is 71.2 Å². The third-order valence-corrected chi connectivity index (χ3v) is 6.51. The van der Waals surface area contributed by atoms with E-state index in [2.05, 4.69) is 10.6 Å². The number of hydrogen-bond acceptors (Lipinski definition) is 7. The molecule has 0 aromatic heterocycles. The van der Waals surface area contributed by atoms with Crippen molar-refractivity contribution in [3.63, 3.8) is 0 Å². The quantitative estimate of drug-likeness (QED) is 0.402. The lowest BCUT2D eigenvalue weighted by Gasteiger charge is -2.29. The highest BCUT2D eigenvalue weighted by molar-refractivity contribution is 6.24. The van der Waals surface area contributed by atoms with Gasteiger partial charge in [0.25, 0.3) is 11.8 Å². The average Bonchev–Trinajstić information content (AvgIpc) is 3.04. The number of hydrogen-bond donors (Lipinski definition) is 3. The first kappa shape index (κ1) is 22.6. The normalized spacial score (nSPS) is 25.8. The lowest BCUT2D eigenvalue weighted by Crippen LogP contribution is -2.54. The number of nitrogens with zero attached hydrogens (tertiary/aromatic N) is 1. The molecule has 4 N–H and O–H groups in total. The third kappa shape index (κ3) is 4.60. The van der Waals surface area contributed by atoms with Gasteiger partial charge in [0, 0.05) is 25.6 Å². The molecule has 1 aromatic rings. The fraction of sp³-hybridized carbons (Fsp3) is 0.565. The first-order valence-corrected chi connectivity index (χ1v) is 11.4. The molecule has 3 aliphatic rings. The average molecular weight is 443 g/mol. The molecule has 2 aliphatic heterocycles. The molecular formula is C23H30N4O5. The van der Waals surface area contributed by atoms with Crippen molar-refractivity contribution in [1.82, 2.24) is 15.5 Å². The number of amides is 4. The number of imide groups is 2. The summed E-state index contributed by atoms with van der Waals surface area (Å²) in [6.07, 6.45) is 5.35. The molecule has 2 heterocycles. The summed E-state index contributed by atoms with van der Waals surface area (Å²) in [6.45, 7) is 1.81. The number of nitrogens with one attached hydrogen (secondary N) is 2. The molecule has 4 amide bonds. The molecule has 32 heavy (non-hydrogen) atoms. The minimum absolute atomic E-state index is 0.108. The summed E-state index contributed by atoms with van der Waals surface area (Å²) in [6, 6.07) is 4.59. The van der Waals surface area contributed by atoms with Gasteiger partial charge in [-0.15, -0.1) is 0 Å². The summed E-state index contributed by atoms with van der Waals surface area (Å²) in [5, 5.41) is 5.74. The predicted octanol–water partition coefficient (Wildman–Crippen LogP) is 0.854. The van der Waals surface area contributed by atoms with E-state index >= 15 is 0 Å². The summed E-state index contributed by atoms with van der Waals surface area (Å²) in [4.78, 5) is 50.8. The first-order valence-electron chi connectivity index (χ1n) is 11.4. The highest BCUT2D eigenvalue weighted by Gasteiger charge is 2.45. The second kappa shape index (κ2) is 9.89. The molecular weight excluding hydrogens is 412 g/mol. The molecule has 1 saturated heterocycles. The molecule has 0 spiro atoms. The lowest BCUT2D eigenvalue weighted by atomic mass is 9.92. The Morgan fingerprint density at radius 3 is 2.56 bits per heavy atom. The largest absolute Gasteiger partial charge is 0.378 e. The Morgan fingerprint density at radius 2 is 1.84 bits per heavy atom.